The summed E-state index contributed by atoms with van der Waals surface area (Å²) < 4.78 is 1.67. The number of anilines is 1. The van der Waals surface area contributed by atoms with Gasteiger partial charge in [-0.15, -0.1) is 0 Å². The Balaban J connectivity index is 1.26. The number of carbonyl (C=O) groups is 2. The Morgan fingerprint density at radius 1 is 1.00 bits per heavy atom. The summed E-state index contributed by atoms with van der Waals surface area (Å²) in [4.78, 5) is 38.6. The van der Waals surface area contributed by atoms with Gasteiger partial charge in [-0.1, -0.05) is 29.4 Å². The van der Waals surface area contributed by atoms with E-state index in [-0.39, 0.29) is 17.8 Å². The first-order chi connectivity index (χ1) is 16.0. The number of nitro benzene ring substituents is 1. The number of nitrogens with one attached hydrogen (secondary N) is 2. The van der Waals surface area contributed by atoms with Gasteiger partial charge in [-0.25, -0.2) is 0 Å². The molecular formula is C20H21N9O4. The lowest BCUT2D eigenvalue weighted by atomic mass is 10.2. The summed E-state index contributed by atoms with van der Waals surface area (Å²) in [7, 11) is 0. The monoisotopic (exact) mass is 451 g/mol. The Bertz CT molecular complexity index is 1140. The van der Waals surface area contributed by atoms with Crippen LogP contribution in [-0.4, -0.2) is 74.6 Å². The molecule has 0 saturated carbocycles. The van der Waals surface area contributed by atoms with Crippen molar-refractivity contribution in [1.82, 2.24) is 36.0 Å². The molecule has 1 aliphatic rings. The van der Waals surface area contributed by atoms with Crippen LogP contribution in [0.4, 0.5) is 11.6 Å². The predicted octanol–water partition coefficient (Wildman–Crippen LogP) is 0.154. The fourth-order valence-electron chi connectivity index (χ4n) is 3.42. The number of piperazine rings is 1. The molecule has 1 aromatic heterocycles. The number of non-ortho nitro benzene ring substituents is 1. The van der Waals surface area contributed by atoms with Crippen molar-refractivity contribution in [3.8, 4) is 5.69 Å². The molecule has 2 N–H and O–H groups in total. The van der Waals surface area contributed by atoms with Gasteiger partial charge in [0, 0.05) is 43.9 Å². The van der Waals surface area contributed by atoms with Gasteiger partial charge in [-0.05, 0) is 28.6 Å². The van der Waals surface area contributed by atoms with E-state index in [1.807, 2.05) is 40.1 Å². The molecule has 2 amide bonds. The Morgan fingerprint density at radius 2 is 1.76 bits per heavy atom. The van der Waals surface area contributed by atoms with Crippen molar-refractivity contribution in [2.24, 2.45) is 0 Å². The van der Waals surface area contributed by atoms with Crippen LogP contribution < -0.4 is 15.8 Å². The minimum Gasteiger partial charge on any atom is -0.337 e. The smallest absolute Gasteiger partial charge is 0.270 e. The van der Waals surface area contributed by atoms with Crippen LogP contribution in [0.1, 0.15) is 10.4 Å². The first-order valence-electron chi connectivity index (χ1n) is 10.2. The zero-order valence-electron chi connectivity index (χ0n) is 17.5. The van der Waals surface area contributed by atoms with E-state index in [0.29, 0.717) is 32.1 Å². The fraction of sp³-hybridized carbons (Fsp3) is 0.250. The minimum atomic E-state index is -0.635. The number of aromatic nitrogens is 4. The number of tetrazole rings is 1. The summed E-state index contributed by atoms with van der Waals surface area (Å²) in [5.74, 6) is -0.393. The zero-order chi connectivity index (χ0) is 23.2. The summed E-state index contributed by atoms with van der Waals surface area (Å²) in [6.45, 7) is 2.55. The van der Waals surface area contributed by atoms with Crippen molar-refractivity contribution >= 4 is 23.5 Å². The number of nitro groups is 1. The largest absolute Gasteiger partial charge is 0.337 e. The molecule has 1 saturated heterocycles. The summed E-state index contributed by atoms with van der Waals surface area (Å²) in [6.07, 6.45) is 0. The molecule has 170 valence electrons. The maximum Gasteiger partial charge on any atom is 0.270 e. The molecule has 1 aliphatic heterocycles. The van der Waals surface area contributed by atoms with Crippen LogP contribution in [0.5, 0.6) is 0 Å². The molecule has 0 unspecified atom stereocenters. The average Bonchev–Trinajstić information content (AvgIpc) is 3.33. The number of hydrogen-bond donors (Lipinski definition) is 2. The summed E-state index contributed by atoms with van der Waals surface area (Å²) in [5, 5.41) is 22.8. The Morgan fingerprint density at radius 3 is 2.48 bits per heavy atom. The van der Waals surface area contributed by atoms with Gasteiger partial charge < -0.3 is 4.90 Å². The topological polar surface area (TPSA) is 151 Å². The molecule has 2 aromatic carbocycles. The minimum absolute atomic E-state index is 0.0780. The lowest BCUT2D eigenvalue weighted by Crippen LogP contribution is -2.52. The Kier molecular flexibility index (Phi) is 6.50. The first kappa shape index (κ1) is 21.8. The molecule has 1 fully saturated rings. The van der Waals surface area contributed by atoms with Gasteiger partial charge in [0.15, 0.2) is 0 Å². The number of benzene rings is 2. The molecule has 13 nitrogen and oxygen atoms in total. The van der Waals surface area contributed by atoms with Crippen LogP contribution in [0.15, 0.2) is 54.6 Å². The molecule has 33 heavy (non-hydrogen) atoms. The summed E-state index contributed by atoms with van der Waals surface area (Å²) >= 11 is 0. The van der Waals surface area contributed by atoms with Gasteiger partial charge in [-0.3, -0.25) is 35.5 Å². The third-order valence-corrected chi connectivity index (χ3v) is 5.11. The maximum absolute atomic E-state index is 12.2. The molecule has 0 aliphatic carbocycles. The van der Waals surface area contributed by atoms with Gasteiger partial charge in [-0.2, -0.15) is 4.68 Å². The third-order valence-electron chi connectivity index (χ3n) is 5.11. The molecule has 3 aromatic rings. The summed E-state index contributed by atoms with van der Waals surface area (Å²) in [5.41, 5.74) is 5.36. The summed E-state index contributed by atoms with van der Waals surface area (Å²) in [6, 6.07) is 14.8. The zero-order valence-corrected chi connectivity index (χ0v) is 17.5. The van der Waals surface area contributed by atoms with Gasteiger partial charge in [0.05, 0.1) is 17.2 Å². The molecule has 0 atom stereocenters. The van der Waals surface area contributed by atoms with Crippen LogP contribution in [0.25, 0.3) is 5.69 Å². The SMILES string of the molecule is O=C(CN1CCN(c2nnnn2-c2ccccc2)CC1)NNC(=O)c1cccc([N+](=O)[O-])c1. The van der Waals surface area contributed by atoms with Gasteiger partial charge >= 0.3 is 0 Å². The number of amides is 2. The molecule has 0 radical (unpaired) electrons. The molecule has 13 heteroatoms. The maximum atomic E-state index is 12.2. The highest BCUT2D eigenvalue weighted by Gasteiger charge is 2.23. The van der Waals surface area contributed by atoms with Crippen LogP contribution in [-0.2, 0) is 4.79 Å². The van der Waals surface area contributed by atoms with Crippen molar-refractivity contribution in [1.29, 1.82) is 0 Å². The quantitative estimate of drug-likeness (QED) is 0.394. The van der Waals surface area contributed by atoms with E-state index in [1.54, 1.807) is 4.68 Å². The van der Waals surface area contributed by atoms with E-state index in [0.717, 1.165) is 11.8 Å². The fourth-order valence-corrected chi connectivity index (χ4v) is 3.42. The Hall–Kier alpha value is -4.39. The van der Waals surface area contributed by atoms with Gasteiger partial charge in [0.2, 0.25) is 5.95 Å². The van der Waals surface area contributed by atoms with Crippen LogP contribution in [0.2, 0.25) is 0 Å². The predicted molar refractivity (Wildman–Crippen MR) is 117 cm³/mol. The lowest BCUT2D eigenvalue weighted by molar-refractivity contribution is -0.384. The highest BCUT2D eigenvalue weighted by Crippen LogP contribution is 2.17. The second-order valence-corrected chi connectivity index (χ2v) is 7.30. The van der Waals surface area contributed by atoms with Gasteiger partial charge in [0.1, 0.15) is 0 Å². The number of hydrazine groups is 1. The van der Waals surface area contributed by atoms with Crippen LogP contribution >= 0.6 is 0 Å². The first-order valence-corrected chi connectivity index (χ1v) is 10.2. The number of rotatable bonds is 6. The highest BCUT2D eigenvalue weighted by molar-refractivity contribution is 5.96. The van der Waals surface area contributed by atoms with Crippen molar-refractivity contribution in [3.63, 3.8) is 0 Å². The van der Waals surface area contributed by atoms with Crippen molar-refractivity contribution in [2.75, 3.05) is 37.6 Å². The molecule has 0 spiro atoms. The van der Waals surface area contributed by atoms with E-state index in [9.17, 15) is 19.7 Å². The van der Waals surface area contributed by atoms with Crippen LogP contribution in [0.3, 0.4) is 0 Å². The van der Waals surface area contributed by atoms with E-state index in [2.05, 4.69) is 26.4 Å². The van der Waals surface area contributed by atoms with Crippen molar-refractivity contribution < 1.29 is 14.5 Å². The second kappa shape index (κ2) is 9.82. The van der Waals surface area contributed by atoms with Gasteiger partial charge in [0.25, 0.3) is 17.5 Å². The average molecular weight is 451 g/mol. The van der Waals surface area contributed by atoms with Crippen molar-refractivity contribution in [2.45, 2.75) is 0 Å². The van der Waals surface area contributed by atoms with E-state index in [1.165, 1.54) is 18.2 Å². The number of hydrogen-bond acceptors (Lipinski definition) is 9. The normalized spacial score (nSPS) is 14.0. The number of nitrogens with zero attached hydrogens (tertiary/aromatic N) is 7. The molecule has 0 bridgehead atoms. The van der Waals surface area contributed by atoms with E-state index in [4.69, 9.17) is 0 Å². The van der Waals surface area contributed by atoms with E-state index < -0.39 is 16.7 Å². The molecular weight excluding hydrogens is 430 g/mol. The standard InChI is InChI=1S/C20H21N9O4/c30-18(21-22-19(31)15-5-4-8-17(13-15)29(32)33)14-26-9-11-27(12-10-26)20-23-24-25-28(20)16-6-2-1-3-7-16/h1-8,13H,9-12,14H2,(H,21,30)(H,22,31). The second-order valence-electron chi connectivity index (χ2n) is 7.30. The Labute approximate surface area is 188 Å². The number of para-hydroxylation sites is 1. The third kappa shape index (κ3) is 5.27. The molecule has 4 rings (SSSR count). The molecule has 2 heterocycles. The van der Waals surface area contributed by atoms with Crippen LogP contribution in [0, 0.1) is 10.1 Å². The van der Waals surface area contributed by atoms with E-state index >= 15 is 0 Å². The number of carbonyl (C=O) groups excluding carboxylic acids is 2. The highest BCUT2D eigenvalue weighted by atomic mass is 16.6. The van der Waals surface area contributed by atoms with Crippen molar-refractivity contribution in [3.05, 3.63) is 70.3 Å². The lowest BCUT2D eigenvalue weighted by Gasteiger charge is -2.34.